The summed E-state index contributed by atoms with van der Waals surface area (Å²) >= 11 is 0. The molecule has 0 aliphatic heterocycles. The third-order valence-corrected chi connectivity index (χ3v) is 3.15. The highest BCUT2D eigenvalue weighted by atomic mass is 14.9. The Kier molecular flexibility index (Phi) is 3.57. The minimum absolute atomic E-state index is 0.537. The lowest BCUT2D eigenvalue weighted by Crippen LogP contribution is -2.29. The summed E-state index contributed by atoms with van der Waals surface area (Å²) in [5, 5.41) is 3.42. The second-order valence-electron chi connectivity index (χ2n) is 4.20. The minimum atomic E-state index is 0.537. The van der Waals surface area contributed by atoms with Crippen molar-refractivity contribution in [2.75, 3.05) is 7.05 Å². The molecule has 0 bridgehead atoms. The van der Waals surface area contributed by atoms with Crippen LogP contribution < -0.4 is 5.32 Å². The van der Waals surface area contributed by atoms with E-state index in [1.807, 2.05) is 0 Å². The van der Waals surface area contributed by atoms with Crippen molar-refractivity contribution in [3.8, 4) is 0 Å². The Morgan fingerprint density at radius 2 is 2.07 bits per heavy atom. The van der Waals surface area contributed by atoms with Gasteiger partial charge >= 0.3 is 0 Å². The van der Waals surface area contributed by atoms with Crippen LogP contribution >= 0.6 is 0 Å². The lowest BCUT2D eigenvalue weighted by atomic mass is 9.98. The number of hydrogen-bond donors (Lipinski definition) is 1. The van der Waals surface area contributed by atoms with Crippen LogP contribution in [0.1, 0.15) is 24.8 Å². The normalized spacial score (nSPS) is 17.5. The van der Waals surface area contributed by atoms with Crippen molar-refractivity contribution in [1.29, 1.82) is 0 Å². The number of nitrogens with one attached hydrogen (secondary N) is 1. The van der Waals surface area contributed by atoms with Crippen LogP contribution in [0.25, 0.3) is 0 Å². The van der Waals surface area contributed by atoms with Crippen LogP contribution in [0.15, 0.2) is 42.0 Å². The van der Waals surface area contributed by atoms with Crippen LogP contribution in [0.4, 0.5) is 0 Å². The van der Waals surface area contributed by atoms with E-state index < -0.39 is 0 Å². The topological polar surface area (TPSA) is 12.0 Å². The van der Waals surface area contributed by atoms with E-state index in [4.69, 9.17) is 0 Å². The molecule has 15 heavy (non-hydrogen) atoms. The summed E-state index contributed by atoms with van der Waals surface area (Å²) < 4.78 is 0. The Morgan fingerprint density at radius 3 is 2.67 bits per heavy atom. The summed E-state index contributed by atoms with van der Waals surface area (Å²) in [4.78, 5) is 0. The highest BCUT2D eigenvalue weighted by Crippen LogP contribution is 2.22. The molecule has 2 rings (SSSR count). The van der Waals surface area contributed by atoms with Crippen LogP contribution in [0.3, 0.4) is 0 Å². The molecule has 1 aromatic rings. The van der Waals surface area contributed by atoms with E-state index in [0.29, 0.717) is 6.04 Å². The van der Waals surface area contributed by atoms with Crippen LogP contribution in [-0.4, -0.2) is 13.1 Å². The summed E-state index contributed by atoms with van der Waals surface area (Å²) in [6.45, 7) is 0. The predicted octanol–water partition coefficient (Wildman–Crippen LogP) is 2.93. The van der Waals surface area contributed by atoms with Crippen molar-refractivity contribution in [2.45, 2.75) is 31.7 Å². The summed E-state index contributed by atoms with van der Waals surface area (Å²) in [7, 11) is 2.06. The van der Waals surface area contributed by atoms with E-state index in [1.165, 1.54) is 24.8 Å². The lowest BCUT2D eigenvalue weighted by Gasteiger charge is -2.17. The molecular weight excluding hydrogens is 182 g/mol. The molecule has 0 spiro atoms. The van der Waals surface area contributed by atoms with Crippen LogP contribution in [0, 0.1) is 0 Å². The molecular formula is C14H19N. The zero-order valence-electron chi connectivity index (χ0n) is 9.37. The molecule has 0 aromatic heterocycles. The van der Waals surface area contributed by atoms with Crippen LogP contribution in [0.5, 0.6) is 0 Å². The molecule has 0 saturated heterocycles. The molecule has 1 aliphatic rings. The Bertz CT molecular complexity index is 326. The zero-order valence-corrected chi connectivity index (χ0v) is 9.37. The van der Waals surface area contributed by atoms with Crippen molar-refractivity contribution >= 4 is 0 Å². The van der Waals surface area contributed by atoms with Gasteiger partial charge in [-0.1, -0.05) is 42.0 Å². The fourth-order valence-electron chi connectivity index (χ4n) is 2.28. The van der Waals surface area contributed by atoms with Gasteiger partial charge in [-0.15, -0.1) is 0 Å². The first-order valence-electron chi connectivity index (χ1n) is 5.80. The van der Waals surface area contributed by atoms with Gasteiger partial charge in [0.1, 0.15) is 0 Å². The van der Waals surface area contributed by atoms with Crippen molar-refractivity contribution in [3.63, 3.8) is 0 Å². The standard InChI is InChI=1S/C14H19N/c1-15-14(13-9-5-6-10-13)11-12-7-3-2-4-8-12/h2-4,7-9,14-15H,5-6,10-11H2,1H3. The quantitative estimate of drug-likeness (QED) is 0.739. The summed E-state index contributed by atoms with van der Waals surface area (Å²) in [6, 6.07) is 11.3. The highest BCUT2D eigenvalue weighted by Gasteiger charge is 2.15. The van der Waals surface area contributed by atoms with Crippen LogP contribution in [0.2, 0.25) is 0 Å². The summed E-state index contributed by atoms with van der Waals surface area (Å²) in [6.07, 6.45) is 7.40. The molecule has 80 valence electrons. The molecule has 1 nitrogen and oxygen atoms in total. The van der Waals surface area contributed by atoms with Gasteiger partial charge in [-0.05, 0) is 38.3 Å². The van der Waals surface area contributed by atoms with E-state index in [0.717, 1.165) is 6.42 Å². The molecule has 1 unspecified atom stereocenters. The first-order chi connectivity index (χ1) is 7.40. The maximum absolute atomic E-state index is 3.42. The third-order valence-electron chi connectivity index (χ3n) is 3.15. The Labute approximate surface area is 92.2 Å². The van der Waals surface area contributed by atoms with E-state index >= 15 is 0 Å². The van der Waals surface area contributed by atoms with Crippen molar-refractivity contribution in [1.82, 2.24) is 5.32 Å². The third kappa shape index (κ3) is 2.69. The van der Waals surface area contributed by atoms with Gasteiger partial charge in [-0.25, -0.2) is 0 Å². The molecule has 0 saturated carbocycles. The van der Waals surface area contributed by atoms with Gasteiger partial charge in [0.25, 0.3) is 0 Å². The number of allylic oxidation sites excluding steroid dienone is 1. The fraction of sp³-hybridized carbons (Fsp3) is 0.429. The molecule has 0 fully saturated rings. The molecule has 1 atom stereocenters. The molecule has 0 radical (unpaired) electrons. The number of rotatable bonds is 4. The fourth-order valence-corrected chi connectivity index (χ4v) is 2.28. The Balaban J connectivity index is 2.02. The predicted molar refractivity (Wildman–Crippen MR) is 64.9 cm³/mol. The maximum atomic E-state index is 3.42. The highest BCUT2D eigenvalue weighted by molar-refractivity contribution is 5.22. The van der Waals surface area contributed by atoms with Gasteiger partial charge in [-0.3, -0.25) is 0 Å². The number of hydrogen-bond acceptors (Lipinski definition) is 1. The van der Waals surface area contributed by atoms with Gasteiger partial charge in [0.2, 0.25) is 0 Å². The van der Waals surface area contributed by atoms with Gasteiger partial charge in [0, 0.05) is 6.04 Å². The molecule has 1 aliphatic carbocycles. The van der Waals surface area contributed by atoms with E-state index in [-0.39, 0.29) is 0 Å². The number of likely N-dealkylation sites (N-methyl/N-ethyl adjacent to an activating group) is 1. The molecule has 1 heteroatoms. The first kappa shape index (κ1) is 10.4. The number of benzene rings is 1. The van der Waals surface area contributed by atoms with E-state index in [1.54, 1.807) is 5.57 Å². The average Bonchev–Trinajstić information content (AvgIpc) is 2.81. The SMILES string of the molecule is CNC(Cc1ccccc1)C1=CCCC1. The second kappa shape index (κ2) is 5.13. The molecule has 1 aromatic carbocycles. The van der Waals surface area contributed by atoms with Gasteiger partial charge in [0.15, 0.2) is 0 Å². The molecule has 0 amide bonds. The summed E-state index contributed by atoms with van der Waals surface area (Å²) in [5.41, 5.74) is 3.02. The Morgan fingerprint density at radius 1 is 1.27 bits per heavy atom. The maximum Gasteiger partial charge on any atom is 0.0317 e. The Hall–Kier alpha value is -1.08. The molecule has 1 N–H and O–H groups in total. The van der Waals surface area contributed by atoms with Crippen molar-refractivity contribution < 1.29 is 0 Å². The van der Waals surface area contributed by atoms with Crippen molar-refractivity contribution in [3.05, 3.63) is 47.5 Å². The van der Waals surface area contributed by atoms with Crippen molar-refractivity contribution in [2.24, 2.45) is 0 Å². The van der Waals surface area contributed by atoms with Crippen LogP contribution in [-0.2, 0) is 6.42 Å². The molecule has 0 heterocycles. The largest absolute Gasteiger partial charge is 0.313 e. The summed E-state index contributed by atoms with van der Waals surface area (Å²) in [5.74, 6) is 0. The average molecular weight is 201 g/mol. The van der Waals surface area contributed by atoms with Gasteiger partial charge in [0.05, 0.1) is 0 Å². The van der Waals surface area contributed by atoms with E-state index in [2.05, 4.69) is 48.8 Å². The minimum Gasteiger partial charge on any atom is -0.313 e. The second-order valence-corrected chi connectivity index (χ2v) is 4.20. The monoisotopic (exact) mass is 201 g/mol. The smallest absolute Gasteiger partial charge is 0.0317 e. The zero-order chi connectivity index (χ0) is 10.5. The first-order valence-corrected chi connectivity index (χ1v) is 5.80. The van der Waals surface area contributed by atoms with Gasteiger partial charge < -0.3 is 5.32 Å². The lowest BCUT2D eigenvalue weighted by molar-refractivity contribution is 0.615. The van der Waals surface area contributed by atoms with E-state index in [9.17, 15) is 0 Å². The van der Waals surface area contributed by atoms with Gasteiger partial charge in [-0.2, -0.15) is 0 Å².